The molecule has 9 nitrogen and oxygen atoms in total. The van der Waals surface area contributed by atoms with Crippen molar-refractivity contribution in [1.29, 1.82) is 0 Å². The molecule has 2 aromatic heterocycles. The van der Waals surface area contributed by atoms with Crippen molar-refractivity contribution in [1.82, 2.24) is 20.0 Å². The maximum Gasteiger partial charge on any atom is 0.230 e. The van der Waals surface area contributed by atoms with E-state index in [4.69, 9.17) is 4.52 Å². The predicted octanol–water partition coefficient (Wildman–Crippen LogP) is 2.85. The topological polar surface area (TPSA) is 95.7 Å². The van der Waals surface area contributed by atoms with Crippen molar-refractivity contribution in [3.8, 4) is 11.4 Å². The smallest absolute Gasteiger partial charge is 0.230 e. The van der Waals surface area contributed by atoms with Crippen LogP contribution in [0, 0.1) is 11.7 Å². The zero-order chi connectivity index (χ0) is 23.9. The van der Waals surface area contributed by atoms with Gasteiger partial charge in [-0.2, -0.15) is 4.98 Å². The number of piperazine rings is 1. The molecule has 0 spiro atoms. The van der Waals surface area contributed by atoms with Crippen LogP contribution in [0.25, 0.3) is 11.4 Å². The van der Waals surface area contributed by atoms with Gasteiger partial charge >= 0.3 is 0 Å². The van der Waals surface area contributed by atoms with E-state index < -0.39 is 0 Å². The van der Waals surface area contributed by atoms with Gasteiger partial charge in [-0.05, 0) is 49.2 Å². The van der Waals surface area contributed by atoms with Crippen molar-refractivity contribution in [2.45, 2.75) is 25.2 Å². The maximum atomic E-state index is 13.2. The van der Waals surface area contributed by atoms with Crippen LogP contribution in [0.5, 0.6) is 0 Å². The fourth-order valence-corrected chi connectivity index (χ4v) is 4.71. The van der Waals surface area contributed by atoms with E-state index in [2.05, 4.69) is 20.0 Å². The number of benzene rings is 1. The lowest BCUT2D eigenvalue weighted by Crippen LogP contribution is -2.51. The van der Waals surface area contributed by atoms with Gasteiger partial charge in [0, 0.05) is 62.5 Å². The quantitative estimate of drug-likeness (QED) is 0.559. The van der Waals surface area contributed by atoms with Crippen LogP contribution in [0.2, 0.25) is 0 Å². The molecular formula is C25H25FN6O3. The molecule has 0 bridgehead atoms. The molecule has 1 saturated carbocycles. The summed E-state index contributed by atoms with van der Waals surface area (Å²) in [6, 6.07) is 9.67. The molecule has 180 valence electrons. The third kappa shape index (κ3) is 4.36. The van der Waals surface area contributed by atoms with Crippen LogP contribution >= 0.6 is 0 Å². The number of hydrogen-bond donors (Lipinski definition) is 0. The summed E-state index contributed by atoms with van der Waals surface area (Å²) in [7, 11) is 0. The number of nitrogens with zero attached hydrogens (tertiary/aromatic N) is 6. The van der Waals surface area contributed by atoms with Crippen molar-refractivity contribution in [3.05, 3.63) is 54.3 Å². The first kappa shape index (κ1) is 21.7. The largest absolute Gasteiger partial charge is 0.353 e. The second-order valence-electron chi connectivity index (χ2n) is 9.33. The molecule has 10 heteroatoms. The molecule has 3 aliphatic rings. The molecule has 1 aliphatic carbocycles. The summed E-state index contributed by atoms with van der Waals surface area (Å²) in [5.74, 6) is 1.66. The summed E-state index contributed by atoms with van der Waals surface area (Å²) in [5, 5.41) is 4.06. The Morgan fingerprint density at radius 2 is 1.80 bits per heavy atom. The van der Waals surface area contributed by atoms with Crippen LogP contribution in [0.1, 0.15) is 31.1 Å². The standard InChI is InChI=1S/C25H25FN6O3/c26-19-4-6-20(7-5-19)32-15-18(13-22(32)33)25(34)31-11-9-30(10-12-31)21-8-3-17(14-27-21)23-28-24(35-29-23)16-1-2-16/h3-8,14,16,18H,1-2,9-13,15H2. The first-order valence-corrected chi connectivity index (χ1v) is 11.9. The van der Waals surface area contributed by atoms with E-state index in [1.807, 2.05) is 17.0 Å². The van der Waals surface area contributed by atoms with Crippen LogP contribution in [-0.2, 0) is 9.59 Å². The molecular weight excluding hydrogens is 451 g/mol. The Bertz CT molecular complexity index is 1230. The molecule has 2 aliphatic heterocycles. The number of carbonyl (C=O) groups excluding carboxylic acids is 2. The second-order valence-corrected chi connectivity index (χ2v) is 9.33. The van der Waals surface area contributed by atoms with Gasteiger partial charge in [0.1, 0.15) is 11.6 Å². The summed E-state index contributed by atoms with van der Waals surface area (Å²) in [6.07, 6.45) is 4.15. The third-order valence-electron chi connectivity index (χ3n) is 6.90. The fraction of sp³-hybridized carbons (Fsp3) is 0.400. The molecule has 1 unspecified atom stereocenters. The Labute approximate surface area is 201 Å². The molecule has 4 heterocycles. The molecule has 3 aromatic rings. The van der Waals surface area contributed by atoms with E-state index in [1.54, 1.807) is 23.2 Å². The number of pyridine rings is 1. The van der Waals surface area contributed by atoms with Crippen molar-refractivity contribution < 1.29 is 18.5 Å². The summed E-state index contributed by atoms with van der Waals surface area (Å²) in [6.45, 7) is 2.78. The zero-order valence-corrected chi connectivity index (χ0v) is 19.1. The molecule has 3 fully saturated rings. The van der Waals surface area contributed by atoms with E-state index in [-0.39, 0.29) is 30.0 Å². The number of anilines is 2. The highest BCUT2D eigenvalue weighted by atomic mass is 19.1. The third-order valence-corrected chi connectivity index (χ3v) is 6.90. The number of carbonyl (C=O) groups is 2. The Hall–Kier alpha value is -3.82. The summed E-state index contributed by atoms with van der Waals surface area (Å²) in [5.41, 5.74) is 1.44. The number of hydrogen-bond acceptors (Lipinski definition) is 7. The van der Waals surface area contributed by atoms with Gasteiger partial charge in [-0.25, -0.2) is 9.37 Å². The highest BCUT2D eigenvalue weighted by Crippen LogP contribution is 2.39. The summed E-state index contributed by atoms with van der Waals surface area (Å²) < 4.78 is 18.6. The predicted molar refractivity (Wildman–Crippen MR) is 125 cm³/mol. The normalized spacial score (nSPS) is 20.5. The Morgan fingerprint density at radius 3 is 2.49 bits per heavy atom. The van der Waals surface area contributed by atoms with Gasteiger partial charge in [-0.3, -0.25) is 9.59 Å². The van der Waals surface area contributed by atoms with Crippen LogP contribution in [0.15, 0.2) is 47.1 Å². The van der Waals surface area contributed by atoms with Gasteiger partial charge in [0.2, 0.25) is 23.5 Å². The highest BCUT2D eigenvalue weighted by Gasteiger charge is 2.38. The Kier molecular flexibility index (Phi) is 5.43. The molecule has 35 heavy (non-hydrogen) atoms. The Balaban J connectivity index is 1.04. The van der Waals surface area contributed by atoms with Crippen molar-refractivity contribution >= 4 is 23.3 Å². The monoisotopic (exact) mass is 476 g/mol. The fourth-order valence-electron chi connectivity index (χ4n) is 4.71. The van der Waals surface area contributed by atoms with Gasteiger partial charge in [0.05, 0.1) is 5.92 Å². The van der Waals surface area contributed by atoms with E-state index >= 15 is 0 Å². The van der Waals surface area contributed by atoms with Gasteiger partial charge in [-0.1, -0.05) is 5.16 Å². The number of rotatable bonds is 5. The van der Waals surface area contributed by atoms with E-state index in [0.29, 0.717) is 56.0 Å². The average Bonchev–Trinajstić information content (AvgIpc) is 3.49. The summed E-state index contributed by atoms with van der Waals surface area (Å²) in [4.78, 5) is 40.2. The van der Waals surface area contributed by atoms with Gasteiger partial charge in [-0.15, -0.1) is 0 Å². The van der Waals surface area contributed by atoms with Crippen molar-refractivity contribution in [2.75, 3.05) is 42.5 Å². The van der Waals surface area contributed by atoms with Gasteiger partial charge in [0.25, 0.3) is 0 Å². The number of aromatic nitrogens is 3. The lowest BCUT2D eigenvalue weighted by Gasteiger charge is -2.36. The van der Waals surface area contributed by atoms with E-state index in [1.165, 1.54) is 12.1 Å². The maximum absolute atomic E-state index is 13.2. The van der Waals surface area contributed by atoms with Crippen molar-refractivity contribution in [3.63, 3.8) is 0 Å². The molecule has 0 radical (unpaired) electrons. The molecule has 6 rings (SSSR count). The average molecular weight is 477 g/mol. The van der Waals surface area contributed by atoms with Gasteiger partial charge in [0.15, 0.2) is 0 Å². The minimum Gasteiger partial charge on any atom is -0.353 e. The zero-order valence-electron chi connectivity index (χ0n) is 19.1. The molecule has 1 aromatic carbocycles. The van der Waals surface area contributed by atoms with E-state index in [9.17, 15) is 14.0 Å². The molecule has 0 N–H and O–H groups in total. The van der Waals surface area contributed by atoms with Crippen molar-refractivity contribution in [2.24, 2.45) is 5.92 Å². The van der Waals surface area contributed by atoms with Crippen LogP contribution in [-0.4, -0.2) is 64.6 Å². The van der Waals surface area contributed by atoms with Crippen LogP contribution in [0.3, 0.4) is 0 Å². The lowest BCUT2D eigenvalue weighted by molar-refractivity contribution is -0.136. The minimum atomic E-state index is -0.382. The molecule has 1 atom stereocenters. The number of amides is 2. The first-order chi connectivity index (χ1) is 17.0. The van der Waals surface area contributed by atoms with Crippen LogP contribution < -0.4 is 9.80 Å². The van der Waals surface area contributed by atoms with E-state index in [0.717, 1.165) is 24.2 Å². The van der Waals surface area contributed by atoms with Gasteiger partial charge < -0.3 is 19.2 Å². The molecule has 2 amide bonds. The highest BCUT2D eigenvalue weighted by molar-refractivity contribution is 6.00. The SMILES string of the molecule is O=C(C1CC(=O)N(c2ccc(F)cc2)C1)N1CCN(c2ccc(-c3noc(C4CC4)n3)cn2)CC1. The van der Waals surface area contributed by atoms with Crippen LogP contribution in [0.4, 0.5) is 15.9 Å². The number of halogens is 1. The molecule has 2 saturated heterocycles. The summed E-state index contributed by atoms with van der Waals surface area (Å²) >= 11 is 0. The Morgan fingerprint density at radius 1 is 1.03 bits per heavy atom. The lowest BCUT2D eigenvalue weighted by atomic mass is 10.1. The first-order valence-electron chi connectivity index (χ1n) is 11.9. The second kappa shape index (κ2) is 8.75. The minimum absolute atomic E-state index is 0.00510.